The van der Waals surface area contributed by atoms with E-state index in [-0.39, 0.29) is 24.0 Å². The Kier molecular flexibility index (Phi) is 6.17. The molecular weight excluding hydrogens is 375 g/mol. The molecule has 2 aliphatic carbocycles. The summed E-state index contributed by atoms with van der Waals surface area (Å²) >= 11 is 0. The quantitative estimate of drug-likeness (QED) is 0.405. The number of nitrogens with two attached hydrogens (primary N) is 1. The van der Waals surface area contributed by atoms with Crippen LogP contribution in [0.3, 0.4) is 0 Å². The van der Waals surface area contributed by atoms with Gasteiger partial charge in [-0.3, -0.25) is 9.89 Å². The molecule has 0 radical (unpaired) electrons. The maximum atomic E-state index is 6.07. The third-order valence-corrected chi connectivity index (χ3v) is 5.78. The first-order valence-corrected chi connectivity index (χ1v) is 8.51. The maximum Gasteiger partial charge on any atom is 0.188 e. The van der Waals surface area contributed by atoms with Crippen LogP contribution in [0.2, 0.25) is 0 Å². The molecule has 0 aromatic rings. The van der Waals surface area contributed by atoms with Crippen molar-refractivity contribution in [2.75, 3.05) is 26.2 Å². The number of nitrogens with zero attached hydrogens (tertiary/aromatic N) is 2. The lowest BCUT2D eigenvalue weighted by molar-refractivity contribution is 0.113. The second-order valence-corrected chi connectivity index (χ2v) is 7.00. The fourth-order valence-electron chi connectivity index (χ4n) is 4.09. The molecule has 3 rings (SSSR count). The fourth-order valence-corrected chi connectivity index (χ4v) is 4.09. The highest BCUT2D eigenvalue weighted by Crippen LogP contribution is 2.57. The van der Waals surface area contributed by atoms with Crippen LogP contribution in [-0.4, -0.2) is 43.1 Å². The minimum Gasteiger partial charge on any atom is -0.370 e. The van der Waals surface area contributed by atoms with Crippen molar-refractivity contribution >= 4 is 29.9 Å². The number of halogens is 1. The Balaban J connectivity index is 0.00000161. The van der Waals surface area contributed by atoms with Gasteiger partial charge in [-0.15, -0.1) is 24.0 Å². The summed E-state index contributed by atoms with van der Waals surface area (Å²) < 4.78 is 0. The predicted octanol–water partition coefficient (Wildman–Crippen LogP) is 2.57. The number of nitrogens with one attached hydrogen (secondary N) is 1. The van der Waals surface area contributed by atoms with Gasteiger partial charge in [-0.2, -0.15) is 0 Å². The number of hydrogen-bond acceptors (Lipinski definition) is 2. The number of likely N-dealkylation sites (tertiary alicyclic amines) is 1. The van der Waals surface area contributed by atoms with E-state index in [9.17, 15) is 0 Å². The molecule has 1 unspecified atom stereocenters. The highest BCUT2D eigenvalue weighted by molar-refractivity contribution is 14.0. The van der Waals surface area contributed by atoms with Gasteiger partial charge in [-0.25, -0.2) is 0 Å². The van der Waals surface area contributed by atoms with E-state index in [0.29, 0.717) is 17.4 Å². The Morgan fingerprint density at radius 3 is 2.62 bits per heavy atom. The van der Waals surface area contributed by atoms with Crippen molar-refractivity contribution < 1.29 is 0 Å². The van der Waals surface area contributed by atoms with Gasteiger partial charge >= 0.3 is 0 Å². The Bertz CT molecular complexity index is 363. The van der Waals surface area contributed by atoms with E-state index in [4.69, 9.17) is 5.73 Å². The average Bonchev–Trinajstić information content (AvgIpc) is 3.14. The molecule has 3 fully saturated rings. The Labute approximate surface area is 146 Å². The molecule has 4 nitrogen and oxygen atoms in total. The zero-order chi connectivity index (χ0) is 14.0. The van der Waals surface area contributed by atoms with Crippen LogP contribution >= 0.6 is 24.0 Å². The van der Waals surface area contributed by atoms with Crippen molar-refractivity contribution in [2.24, 2.45) is 22.1 Å². The summed E-state index contributed by atoms with van der Waals surface area (Å²) in [5.41, 5.74) is 6.60. The molecule has 1 aliphatic heterocycles. The van der Waals surface area contributed by atoms with Gasteiger partial charge in [0.05, 0.1) is 0 Å². The SMILES string of the molecule is CCN1CCCC1CNC(N)=NCC1(C2CC2)CCC1.I. The van der Waals surface area contributed by atoms with E-state index in [1.54, 1.807) is 0 Å². The van der Waals surface area contributed by atoms with E-state index < -0.39 is 0 Å². The Morgan fingerprint density at radius 1 is 1.29 bits per heavy atom. The van der Waals surface area contributed by atoms with E-state index in [1.165, 1.54) is 51.5 Å². The molecule has 1 saturated heterocycles. The molecule has 21 heavy (non-hydrogen) atoms. The van der Waals surface area contributed by atoms with Crippen molar-refractivity contribution in [3.05, 3.63) is 0 Å². The summed E-state index contributed by atoms with van der Waals surface area (Å²) in [6.07, 6.45) is 9.61. The molecule has 1 heterocycles. The van der Waals surface area contributed by atoms with E-state index >= 15 is 0 Å². The minimum absolute atomic E-state index is 0. The first-order chi connectivity index (χ1) is 9.73. The second-order valence-electron chi connectivity index (χ2n) is 7.00. The lowest BCUT2D eigenvalue weighted by atomic mass is 9.65. The van der Waals surface area contributed by atoms with Crippen LogP contribution in [0.4, 0.5) is 0 Å². The molecule has 2 saturated carbocycles. The van der Waals surface area contributed by atoms with E-state index in [2.05, 4.69) is 22.1 Å². The maximum absolute atomic E-state index is 6.07. The monoisotopic (exact) mass is 406 g/mol. The lowest BCUT2D eigenvalue weighted by Crippen LogP contribution is -2.43. The topological polar surface area (TPSA) is 53.6 Å². The highest BCUT2D eigenvalue weighted by Gasteiger charge is 2.48. The molecule has 3 N–H and O–H groups in total. The van der Waals surface area contributed by atoms with Gasteiger partial charge in [0.2, 0.25) is 0 Å². The van der Waals surface area contributed by atoms with Crippen molar-refractivity contribution in [3.63, 3.8) is 0 Å². The smallest absolute Gasteiger partial charge is 0.188 e. The molecule has 0 aromatic carbocycles. The Hall–Kier alpha value is -0.0400. The fraction of sp³-hybridized carbons (Fsp3) is 0.938. The van der Waals surface area contributed by atoms with Crippen LogP contribution < -0.4 is 11.1 Å². The van der Waals surface area contributed by atoms with Crippen LogP contribution in [0.15, 0.2) is 4.99 Å². The zero-order valence-electron chi connectivity index (χ0n) is 13.3. The third-order valence-electron chi connectivity index (χ3n) is 5.78. The standard InChI is InChI=1S/C16H30N4.HI/c1-2-20-10-3-5-14(20)11-18-15(17)19-12-16(8-4-9-16)13-6-7-13;/h13-14H,2-12H2,1H3,(H3,17,18,19);1H. The summed E-state index contributed by atoms with van der Waals surface area (Å²) in [6.45, 7) is 6.54. The summed E-state index contributed by atoms with van der Waals surface area (Å²) in [7, 11) is 0. The summed E-state index contributed by atoms with van der Waals surface area (Å²) in [5, 5.41) is 3.36. The van der Waals surface area contributed by atoms with Crippen molar-refractivity contribution in [1.82, 2.24) is 10.2 Å². The summed E-state index contributed by atoms with van der Waals surface area (Å²) in [4.78, 5) is 7.20. The third kappa shape index (κ3) is 4.03. The second kappa shape index (κ2) is 7.49. The first-order valence-electron chi connectivity index (χ1n) is 8.51. The molecule has 122 valence electrons. The van der Waals surface area contributed by atoms with Crippen LogP contribution in [0.5, 0.6) is 0 Å². The molecule has 0 bridgehead atoms. The van der Waals surface area contributed by atoms with Crippen LogP contribution in [0.1, 0.15) is 51.9 Å². The number of aliphatic imine (C=N–C) groups is 1. The Morgan fingerprint density at radius 2 is 2.05 bits per heavy atom. The van der Waals surface area contributed by atoms with Gasteiger partial charge in [-0.05, 0) is 62.9 Å². The molecular formula is C16H31IN4. The van der Waals surface area contributed by atoms with E-state index in [1.807, 2.05) is 0 Å². The van der Waals surface area contributed by atoms with Gasteiger partial charge < -0.3 is 11.1 Å². The van der Waals surface area contributed by atoms with Gasteiger partial charge in [0.15, 0.2) is 5.96 Å². The first kappa shape index (κ1) is 17.3. The van der Waals surface area contributed by atoms with Crippen LogP contribution in [0, 0.1) is 11.3 Å². The van der Waals surface area contributed by atoms with Gasteiger partial charge in [-0.1, -0.05) is 13.3 Å². The largest absolute Gasteiger partial charge is 0.370 e. The van der Waals surface area contributed by atoms with Gasteiger partial charge in [0.25, 0.3) is 0 Å². The summed E-state index contributed by atoms with van der Waals surface area (Å²) in [6, 6.07) is 0.648. The van der Waals surface area contributed by atoms with Crippen LogP contribution in [-0.2, 0) is 0 Å². The highest BCUT2D eigenvalue weighted by atomic mass is 127. The van der Waals surface area contributed by atoms with Crippen molar-refractivity contribution in [1.29, 1.82) is 0 Å². The molecule has 0 aromatic heterocycles. The van der Waals surface area contributed by atoms with Gasteiger partial charge in [0.1, 0.15) is 0 Å². The average molecular weight is 406 g/mol. The number of rotatable bonds is 6. The lowest BCUT2D eigenvalue weighted by Gasteiger charge is -2.41. The zero-order valence-corrected chi connectivity index (χ0v) is 15.6. The van der Waals surface area contributed by atoms with E-state index in [0.717, 1.165) is 25.6 Å². The number of likely N-dealkylation sites (N-methyl/N-ethyl adjacent to an activating group) is 1. The molecule has 0 spiro atoms. The van der Waals surface area contributed by atoms with Crippen LogP contribution in [0.25, 0.3) is 0 Å². The minimum atomic E-state index is 0. The predicted molar refractivity (Wildman–Crippen MR) is 99.2 cm³/mol. The normalized spacial score (nSPS) is 28.8. The molecule has 1 atom stereocenters. The number of guanidine groups is 1. The van der Waals surface area contributed by atoms with Crippen molar-refractivity contribution in [3.8, 4) is 0 Å². The molecule has 5 heteroatoms. The van der Waals surface area contributed by atoms with Crippen molar-refractivity contribution in [2.45, 2.75) is 57.9 Å². The molecule has 0 amide bonds. The summed E-state index contributed by atoms with van der Waals surface area (Å²) in [5.74, 6) is 1.62. The van der Waals surface area contributed by atoms with Gasteiger partial charge in [0, 0.05) is 19.1 Å². The number of hydrogen-bond donors (Lipinski definition) is 2. The molecule has 3 aliphatic rings.